The number of fused-ring (bicyclic) bond motifs is 1. The van der Waals surface area contributed by atoms with Gasteiger partial charge >= 0.3 is 0 Å². The summed E-state index contributed by atoms with van der Waals surface area (Å²) in [6.45, 7) is 3.64. The number of nitriles is 1. The van der Waals surface area contributed by atoms with Crippen LogP contribution in [0.25, 0.3) is 11.0 Å². The molecular formula is C26H19Cl3F2N8. The molecule has 0 atom stereocenters. The third-order valence-corrected chi connectivity index (χ3v) is 6.73. The van der Waals surface area contributed by atoms with Crippen molar-refractivity contribution >= 4 is 74.7 Å². The van der Waals surface area contributed by atoms with Gasteiger partial charge in [-0.25, -0.2) is 18.7 Å². The number of anilines is 5. The lowest BCUT2D eigenvalue weighted by Crippen LogP contribution is -2.00. The van der Waals surface area contributed by atoms with Gasteiger partial charge in [0.15, 0.2) is 28.9 Å². The normalized spacial score (nSPS) is 10.5. The number of pyridine rings is 2. The first-order valence-corrected chi connectivity index (χ1v) is 12.3. The fraction of sp³-hybridized carbons (Fsp3) is 0.0769. The molecule has 0 spiro atoms. The van der Waals surface area contributed by atoms with E-state index in [-0.39, 0.29) is 28.2 Å². The second-order valence-electron chi connectivity index (χ2n) is 8.17. The van der Waals surface area contributed by atoms with Gasteiger partial charge in [-0.2, -0.15) is 10.4 Å². The van der Waals surface area contributed by atoms with Crippen LogP contribution in [0.2, 0.25) is 15.2 Å². The van der Waals surface area contributed by atoms with Crippen molar-refractivity contribution in [1.82, 2.24) is 20.2 Å². The van der Waals surface area contributed by atoms with E-state index >= 15 is 0 Å². The molecule has 8 nitrogen and oxygen atoms in total. The van der Waals surface area contributed by atoms with Gasteiger partial charge in [0.05, 0.1) is 10.9 Å². The Kier molecular flexibility index (Phi) is 8.35. The van der Waals surface area contributed by atoms with Crippen molar-refractivity contribution in [1.29, 1.82) is 5.26 Å². The molecule has 39 heavy (non-hydrogen) atoms. The second kappa shape index (κ2) is 11.7. The van der Waals surface area contributed by atoms with Crippen LogP contribution in [0.3, 0.4) is 0 Å². The molecule has 2 aromatic carbocycles. The summed E-state index contributed by atoms with van der Waals surface area (Å²) in [5, 5.41) is 22.5. The number of benzene rings is 2. The monoisotopic (exact) mass is 586 g/mol. The van der Waals surface area contributed by atoms with E-state index in [1.165, 1.54) is 6.07 Å². The highest BCUT2D eigenvalue weighted by atomic mass is 35.5. The van der Waals surface area contributed by atoms with Crippen LogP contribution < -0.4 is 16.4 Å². The van der Waals surface area contributed by atoms with E-state index in [0.717, 1.165) is 17.2 Å². The molecule has 0 saturated heterocycles. The lowest BCUT2D eigenvalue weighted by atomic mass is 10.2. The minimum absolute atomic E-state index is 0.00691. The maximum absolute atomic E-state index is 14.0. The predicted molar refractivity (Wildman–Crippen MR) is 151 cm³/mol. The molecule has 0 saturated carbocycles. The number of halogens is 5. The summed E-state index contributed by atoms with van der Waals surface area (Å²) >= 11 is 17.8. The van der Waals surface area contributed by atoms with Crippen molar-refractivity contribution < 1.29 is 8.78 Å². The maximum atomic E-state index is 14.0. The fourth-order valence-electron chi connectivity index (χ4n) is 3.40. The first-order valence-electron chi connectivity index (χ1n) is 11.2. The molecular weight excluding hydrogens is 569 g/mol. The van der Waals surface area contributed by atoms with Gasteiger partial charge in [0.2, 0.25) is 0 Å². The summed E-state index contributed by atoms with van der Waals surface area (Å²) in [5.41, 5.74) is 8.87. The number of aromatic amines is 1. The van der Waals surface area contributed by atoms with Crippen LogP contribution in [0.4, 0.5) is 37.6 Å². The molecule has 3 heterocycles. The smallest absolute Gasteiger partial charge is 0.185 e. The highest BCUT2D eigenvalue weighted by molar-refractivity contribution is 6.32. The van der Waals surface area contributed by atoms with Gasteiger partial charge in [-0.15, -0.1) is 0 Å². The Morgan fingerprint density at radius 1 is 0.872 bits per heavy atom. The Bertz CT molecular complexity index is 1730. The van der Waals surface area contributed by atoms with Gasteiger partial charge in [0.1, 0.15) is 17.0 Å². The summed E-state index contributed by atoms with van der Waals surface area (Å²) in [7, 11) is 0. The van der Waals surface area contributed by atoms with Crippen molar-refractivity contribution in [3.05, 3.63) is 92.1 Å². The average molecular weight is 588 g/mol. The fourth-order valence-corrected chi connectivity index (χ4v) is 3.93. The highest BCUT2D eigenvalue weighted by Crippen LogP contribution is 2.29. The van der Waals surface area contributed by atoms with E-state index in [1.807, 2.05) is 6.92 Å². The summed E-state index contributed by atoms with van der Waals surface area (Å²) in [6, 6.07) is 14.7. The van der Waals surface area contributed by atoms with Crippen molar-refractivity contribution in [2.75, 3.05) is 16.4 Å². The quantitative estimate of drug-likeness (QED) is 0.158. The molecule has 0 amide bonds. The Morgan fingerprint density at radius 2 is 1.41 bits per heavy atom. The molecule has 0 bridgehead atoms. The summed E-state index contributed by atoms with van der Waals surface area (Å²) in [5.74, 6) is -0.842. The predicted octanol–water partition coefficient (Wildman–Crippen LogP) is 7.84. The standard InChI is InChI=1S/C13H8Cl2FN3.C13H11ClFN5/c1-7-9(14)3-2-4-11(7)18-13-10(16)5-8(6-17)12(15)19-13;1-6-8(14)3-2-4-10(6)17-13-9(15)5-7-11(16)19-20-12(7)18-13/h2-5H,1H3,(H,18,19);2-5H,1H3,(H4,16,17,18,19,20). The van der Waals surface area contributed by atoms with Crippen LogP contribution in [0.5, 0.6) is 0 Å². The van der Waals surface area contributed by atoms with E-state index in [1.54, 1.807) is 49.4 Å². The van der Waals surface area contributed by atoms with Gasteiger partial charge in [-0.05, 0) is 61.4 Å². The van der Waals surface area contributed by atoms with Crippen LogP contribution in [0.15, 0.2) is 48.5 Å². The van der Waals surface area contributed by atoms with Crippen LogP contribution in [0, 0.1) is 36.8 Å². The zero-order valence-corrected chi connectivity index (χ0v) is 22.6. The number of H-pyrrole nitrogens is 1. The van der Waals surface area contributed by atoms with Gasteiger partial charge in [0.25, 0.3) is 0 Å². The molecule has 0 radical (unpaired) electrons. The van der Waals surface area contributed by atoms with Crippen molar-refractivity contribution in [3.63, 3.8) is 0 Å². The highest BCUT2D eigenvalue weighted by Gasteiger charge is 2.13. The second-order valence-corrected chi connectivity index (χ2v) is 9.34. The summed E-state index contributed by atoms with van der Waals surface area (Å²) in [4.78, 5) is 7.93. The Labute approximate surface area is 236 Å². The van der Waals surface area contributed by atoms with Crippen LogP contribution in [-0.2, 0) is 0 Å². The Balaban J connectivity index is 0.000000181. The topological polar surface area (TPSA) is 128 Å². The molecule has 5 N–H and O–H groups in total. The van der Waals surface area contributed by atoms with Crippen molar-refractivity contribution in [2.45, 2.75) is 13.8 Å². The number of aromatic nitrogens is 4. The number of nitrogen functional groups attached to an aromatic ring is 1. The number of nitrogens with zero attached hydrogens (tertiary/aromatic N) is 4. The largest absolute Gasteiger partial charge is 0.384 e. The number of rotatable bonds is 4. The minimum atomic E-state index is -0.652. The van der Waals surface area contributed by atoms with Gasteiger partial charge in [0, 0.05) is 21.4 Å². The van der Waals surface area contributed by atoms with Crippen LogP contribution >= 0.6 is 34.8 Å². The molecule has 0 aliphatic rings. The molecule has 0 fully saturated rings. The first-order chi connectivity index (χ1) is 18.6. The number of hydrogen-bond donors (Lipinski definition) is 4. The molecule has 198 valence electrons. The number of nitrogens with one attached hydrogen (secondary N) is 3. The van der Waals surface area contributed by atoms with Crippen molar-refractivity contribution in [3.8, 4) is 6.07 Å². The van der Waals surface area contributed by atoms with Gasteiger partial charge in [-0.1, -0.05) is 46.9 Å². The lowest BCUT2D eigenvalue weighted by molar-refractivity contribution is 0.626. The van der Waals surface area contributed by atoms with E-state index in [9.17, 15) is 8.78 Å². The molecule has 5 rings (SSSR count). The van der Waals surface area contributed by atoms with E-state index in [4.69, 9.17) is 45.8 Å². The molecule has 3 aromatic heterocycles. The lowest BCUT2D eigenvalue weighted by Gasteiger charge is -2.11. The molecule has 13 heteroatoms. The van der Waals surface area contributed by atoms with Gasteiger partial charge in [-0.3, -0.25) is 5.10 Å². The maximum Gasteiger partial charge on any atom is 0.185 e. The minimum Gasteiger partial charge on any atom is -0.384 e. The Morgan fingerprint density at radius 3 is 1.97 bits per heavy atom. The zero-order chi connectivity index (χ0) is 28.3. The first kappa shape index (κ1) is 27.9. The third kappa shape index (κ3) is 6.12. The Hall–Kier alpha value is -4.17. The molecule has 5 aromatic rings. The number of hydrogen-bond acceptors (Lipinski definition) is 7. The van der Waals surface area contributed by atoms with E-state index in [2.05, 4.69) is 30.8 Å². The SMILES string of the molecule is Cc1c(Cl)cccc1Nc1nc(Cl)c(C#N)cc1F.Cc1c(Cl)cccc1Nc1nc2n[nH]c(N)c2cc1F. The molecule has 0 aliphatic heterocycles. The summed E-state index contributed by atoms with van der Waals surface area (Å²) < 4.78 is 27.8. The summed E-state index contributed by atoms with van der Waals surface area (Å²) in [6.07, 6.45) is 0. The van der Waals surface area contributed by atoms with Crippen molar-refractivity contribution in [2.24, 2.45) is 0 Å². The van der Waals surface area contributed by atoms with E-state index < -0.39 is 11.6 Å². The average Bonchev–Trinajstić information content (AvgIpc) is 3.26. The van der Waals surface area contributed by atoms with Crippen LogP contribution in [-0.4, -0.2) is 20.2 Å². The van der Waals surface area contributed by atoms with E-state index in [0.29, 0.717) is 32.5 Å². The number of nitrogens with two attached hydrogens (primary N) is 1. The third-order valence-electron chi connectivity index (χ3n) is 5.62. The molecule has 0 aliphatic carbocycles. The van der Waals surface area contributed by atoms with Gasteiger partial charge < -0.3 is 16.4 Å². The van der Waals surface area contributed by atoms with Crippen LogP contribution in [0.1, 0.15) is 16.7 Å². The molecule has 0 unspecified atom stereocenters. The zero-order valence-electron chi connectivity index (χ0n) is 20.4.